The molecule has 0 spiro atoms. The van der Waals surface area contributed by atoms with Gasteiger partial charge in [-0.25, -0.2) is 4.79 Å². The third kappa shape index (κ3) is 5.54. The molecule has 0 saturated carbocycles. The average Bonchev–Trinajstić information content (AvgIpc) is 3.08. The molecule has 1 saturated heterocycles. The molecule has 0 aromatic heterocycles. The van der Waals surface area contributed by atoms with Gasteiger partial charge < -0.3 is 10.1 Å². The van der Waals surface area contributed by atoms with E-state index in [0.717, 1.165) is 21.0 Å². The second kappa shape index (κ2) is 9.82. The van der Waals surface area contributed by atoms with E-state index >= 15 is 0 Å². The molecule has 0 atom stereocenters. The lowest BCUT2D eigenvalue weighted by Crippen LogP contribution is -2.30. The Morgan fingerprint density at radius 1 is 1.03 bits per heavy atom. The van der Waals surface area contributed by atoms with E-state index in [-0.39, 0.29) is 23.7 Å². The number of nitro groups is 1. The number of nitro benzene ring substituents is 1. The number of imide groups is 1. The predicted molar refractivity (Wildman–Crippen MR) is 126 cm³/mol. The molecule has 0 aliphatic carbocycles. The number of hydrogen-bond donors (Lipinski definition) is 1. The van der Waals surface area contributed by atoms with Gasteiger partial charge in [-0.1, -0.05) is 40.2 Å². The summed E-state index contributed by atoms with van der Waals surface area (Å²) in [7, 11) is 0. The first kappa shape index (κ1) is 24.9. The van der Waals surface area contributed by atoms with Crippen molar-refractivity contribution in [2.45, 2.75) is 12.7 Å². The monoisotopic (exact) mass is 561 g/mol. The number of rotatable bonds is 6. The molecule has 184 valence electrons. The molecule has 1 heterocycles. The van der Waals surface area contributed by atoms with Gasteiger partial charge >= 0.3 is 17.9 Å². The molecular weight excluding hydrogens is 547 g/mol. The van der Waals surface area contributed by atoms with Gasteiger partial charge in [0.15, 0.2) is 0 Å². The zero-order chi connectivity index (χ0) is 26.0. The van der Waals surface area contributed by atoms with Crippen LogP contribution >= 0.6 is 15.9 Å². The number of hydrogen-bond acceptors (Lipinski definition) is 5. The van der Waals surface area contributed by atoms with Crippen molar-refractivity contribution in [3.05, 3.63) is 104 Å². The Labute approximate surface area is 210 Å². The normalized spacial score (nSPS) is 14.8. The Morgan fingerprint density at radius 2 is 1.69 bits per heavy atom. The van der Waals surface area contributed by atoms with Crippen LogP contribution in [0.25, 0.3) is 6.08 Å². The maximum Gasteiger partial charge on any atom is 0.416 e. The molecule has 0 radical (unpaired) electrons. The largest absolute Gasteiger partial charge is 0.450 e. The van der Waals surface area contributed by atoms with E-state index in [1.807, 2.05) is 0 Å². The van der Waals surface area contributed by atoms with Crippen LogP contribution < -0.4 is 10.1 Å². The summed E-state index contributed by atoms with van der Waals surface area (Å²) < 4.78 is 44.9. The summed E-state index contributed by atoms with van der Waals surface area (Å²) in [6.45, 7) is 0.0912. The lowest BCUT2D eigenvalue weighted by molar-refractivity contribution is -0.385. The zero-order valence-corrected chi connectivity index (χ0v) is 19.7. The minimum absolute atomic E-state index is 0.0594. The number of alkyl halides is 3. The number of ether oxygens (including phenoxy) is 1. The Hall–Kier alpha value is -4.19. The third-order valence-electron chi connectivity index (χ3n) is 5.12. The molecule has 3 aromatic carbocycles. The lowest BCUT2D eigenvalue weighted by atomic mass is 10.1. The first-order valence-electron chi connectivity index (χ1n) is 10.2. The van der Waals surface area contributed by atoms with Crippen molar-refractivity contribution in [1.82, 2.24) is 10.2 Å². The van der Waals surface area contributed by atoms with Gasteiger partial charge in [-0.15, -0.1) is 0 Å². The van der Waals surface area contributed by atoms with Crippen molar-refractivity contribution >= 4 is 39.6 Å². The van der Waals surface area contributed by atoms with Crippen molar-refractivity contribution in [3.63, 3.8) is 0 Å². The SMILES string of the molecule is O=C1N/C(=C/c2ccc(Oc3ccc(C(F)(F)F)cc3[N+](=O)[O-])cc2)C(=O)N1Cc1ccc(Br)cc1. The van der Waals surface area contributed by atoms with Gasteiger partial charge in [0.1, 0.15) is 11.4 Å². The van der Waals surface area contributed by atoms with Gasteiger partial charge in [-0.2, -0.15) is 13.2 Å². The fraction of sp³-hybridized carbons (Fsp3) is 0.0833. The van der Waals surface area contributed by atoms with Gasteiger partial charge in [-0.05, 0) is 53.6 Å². The van der Waals surface area contributed by atoms with Crippen molar-refractivity contribution < 1.29 is 32.4 Å². The van der Waals surface area contributed by atoms with Crippen LogP contribution in [0.4, 0.5) is 23.7 Å². The first-order valence-corrected chi connectivity index (χ1v) is 11.0. The summed E-state index contributed by atoms with van der Waals surface area (Å²) >= 11 is 3.32. The summed E-state index contributed by atoms with van der Waals surface area (Å²) in [5, 5.41) is 13.7. The highest BCUT2D eigenvalue weighted by atomic mass is 79.9. The van der Waals surface area contributed by atoms with E-state index in [2.05, 4.69) is 21.2 Å². The quantitative estimate of drug-likeness (QED) is 0.165. The second-order valence-corrected chi connectivity index (χ2v) is 8.53. The van der Waals surface area contributed by atoms with Crippen LogP contribution in [-0.4, -0.2) is 21.8 Å². The molecule has 1 aliphatic heterocycles. The van der Waals surface area contributed by atoms with Crippen LogP contribution in [0.3, 0.4) is 0 Å². The summed E-state index contributed by atoms with van der Waals surface area (Å²) in [6, 6.07) is 14.5. The Kier molecular flexibility index (Phi) is 6.80. The number of halogens is 4. The molecule has 12 heteroatoms. The fourth-order valence-corrected chi connectivity index (χ4v) is 3.60. The molecule has 8 nitrogen and oxygen atoms in total. The summed E-state index contributed by atoms with van der Waals surface area (Å²) in [6.07, 6.45) is -3.29. The van der Waals surface area contributed by atoms with E-state index in [4.69, 9.17) is 4.74 Å². The Morgan fingerprint density at radius 3 is 2.31 bits per heavy atom. The van der Waals surface area contributed by atoms with Crippen LogP contribution in [0.15, 0.2) is 76.9 Å². The molecular formula is C24H15BrF3N3O5. The number of nitrogens with one attached hydrogen (secondary N) is 1. The number of benzene rings is 3. The number of amides is 3. The number of urea groups is 1. The number of carbonyl (C=O) groups is 2. The topological polar surface area (TPSA) is 102 Å². The van der Waals surface area contributed by atoms with Gasteiger partial charge in [0, 0.05) is 10.5 Å². The molecule has 36 heavy (non-hydrogen) atoms. The third-order valence-corrected chi connectivity index (χ3v) is 5.65. The first-order chi connectivity index (χ1) is 17.0. The standard InChI is InChI=1S/C24H15BrF3N3O5/c25-17-6-1-15(2-7-17)13-30-22(32)19(29-23(30)33)11-14-3-8-18(9-4-14)36-21-10-5-16(24(26,27)28)12-20(21)31(34)35/h1-12H,13H2,(H,29,33)/b19-11+. The lowest BCUT2D eigenvalue weighted by Gasteiger charge is -2.11. The van der Waals surface area contributed by atoms with E-state index in [0.29, 0.717) is 17.7 Å². The minimum Gasteiger partial charge on any atom is -0.450 e. The maximum absolute atomic E-state index is 12.9. The molecule has 1 N–H and O–H groups in total. The smallest absolute Gasteiger partial charge is 0.416 e. The summed E-state index contributed by atoms with van der Waals surface area (Å²) in [5.41, 5.74) is -0.661. The Balaban J connectivity index is 1.49. The molecule has 3 aromatic rings. The van der Waals surface area contributed by atoms with Gasteiger partial charge in [0.25, 0.3) is 5.91 Å². The number of nitrogens with zero attached hydrogens (tertiary/aromatic N) is 2. The second-order valence-electron chi connectivity index (χ2n) is 7.61. The molecule has 0 unspecified atom stereocenters. The van der Waals surface area contributed by atoms with Gasteiger partial charge in [-0.3, -0.25) is 19.8 Å². The van der Waals surface area contributed by atoms with Crippen LogP contribution in [0.2, 0.25) is 0 Å². The van der Waals surface area contributed by atoms with E-state index in [1.165, 1.54) is 30.3 Å². The minimum atomic E-state index is -4.74. The molecule has 3 amide bonds. The fourth-order valence-electron chi connectivity index (χ4n) is 3.34. The van der Waals surface area contributed by atoms with E-state index in [9.17, 15) is 32.9 Å². The van der Waals surface area contributed by atoms with Crippen LogP contribution in [0.1, 0.15) is 16.7 Å². The highest BCUT2D eigenvalue weighted by molar-refractivity contribution is 9.10. The van der Waals surface area contributed by atoms with Crippen molar-refractivity contribution in [3.8, 4) is 11.5 Å². The summed E-state index contributed by atoms with van der Waals surface area (Å²) in [4.78, 5) is 36.3. The number of carbonyl (C=O) groups excluding carboxylic acids is 2. The Bertz CT molecular complexity index is 1370. The van der Waals surface area contributed by atoms with Crippen LogP contribution in [0, 0.1) is 10.1 Å². The molecule has 4 rings (SSSR count). The maximum atomic E-state index is 12.9. The highest BCUT2D eigenvalue weighted by Crippen LogP contribution is 2.38. The van der Waals surface area contributed by atoms with Gasteiger partial charge in [0.2, 0.25) is 5.75 Å². The molecule has 1 fully saturated rings. The van der Waals surface area contributed by atoms with E-state index < -0.39 is 34.3 Å². The van der Waals surface area contributed by atoms with Crippen molar-refractivity contribution in [2.24, 2.45) is 0 Å². The van der Waals surface area contributed by atoms with Crippen LogP contribution in [0.5, 0.6) is 11.5 Å². The van der Waals surface area contributed by atoms with Crippen molar-refractivity contribution in [2.75, 3.05) is 0 Å². The zero-order valence-electron chi connectivity index (χ0n) is 18.1. The van der Waals surface area contributed by atoms with Crippen molar-refractivity contribution in [1.29, 1.82) is 0 Å². The average molecular weight is 562 g/mol. The highest BCUT2D eigenvalue weighted by Gasteiger charge is 2.34. The molecule has 0 bridgehead atoms. The predicted octanol–water partition coefficient (Wildman–Crippen LogP) is 6.26. The van der Waals surface area contributed by atoms with E-state index in [1.54, 1.807) is 24.3 Å². The van der Waals surface area contributed by atoms with Crippen LogP contribution in [-0.2, 0) is 17.5 Å². The summed E-state index contributed by atoms with van der Waals surface area (Å²) in [5.74, 6) is -0.747. The van der Waals surface area contributed by atoms with Gasteiger partial charge in [0.05, 0.1) is 17.0 Å². The molecule has 1 aliphatic rings.